The van der Waals surface area contributed by atoms with Crippen molar-refractivity contribution in [1.82, 2.24) is 20.6 Å². The van der Waals surface area contributed by atoms with Gasteiger partial charge in [-0.15, -0.1) is 0 Å². The molecule has 3 aromatic rings. The predicted molar refractivity (Wildman–Crippen MR) is 126 cm³/mol. The van der Waals surface area contributed by atoms with E-state index in [1.54, 1.807) is 18.5 Å². The third-order valence-corrected chi connectivity index (χ3v) is 5.39. The van der Waals surface area contributed by atoms with Crippen molar-refractivity contribution in [1.29, 1.82) is 0 Å². The van der Waals surface area contributed by atoms with E-state index in [0.29, 0.717) is 25.6 Å². The van der Waals surface area contributed by atoms with Crippen LogP contribution >= 0.6 is 0 Å². The van der Waals surface area contributed by atoms with Gasteiger partial charge in [0.1, 0.15) is 11.6 Å². The van der Waals surface area contributed by atoms with Gasteiger partial charge in [0.05, 0.1) is 13.2 Å². The number of morpholine rings is 1. The number of amides is 3. The predicted octanol–water partition coefficient (Wildman–Crippen LogP) is 3.04. The van der Waals surface area contributed by atoms with Gasteiger partial charge in [0, 0.05) is 44.0 Å². The van der Waals surface area contributed by atoms with Crippen LogP contribution in [0.4, 0.5) is 21.2 Å². The molecule has 4 rings (SSSR count). The van der Waals surface area contributed by atoms with E-state index >= 15 is 0 Å². The molecule has 3 heterocycles. The highest BCUT2D eigenvalue weighted by Crippen LogP contribution is 2.33. The van der Waals surface area contributed by atoms with Crippen molar-refractivity contribution >= 4 is 34.5 Å². The summed E-state index contributed by atoms with van der Waals surface area (Å²) >= 11 is 0. The molecular weight excluding hydrogens is 424 g/mol. The molecule has 0 spiro atoms. The third-order valence-electron chi connectivity index (χ3n) is 5.39. The summed E-state index contributed by atoms with van der Waals surface area (Å²) in [6, 6.07) is 9.28. The molecule has 4 N–H and O–H groups in total. The second kappa shape index (κ2) is 10.1. The summed E-state index contributed by atoms with van der Waals surface area (Å²) in [7, 11) is 0. The van der Waals surface area contributed by atoms with E-state index in [1.165, 1.54) is 0 Å². The fourth-order valence-electron chi connectivity index (χ4n) is 3.82. The van der Waals surface area contributed by atoms with E-state index in [9.17, 15) is 9.59 Å². The minimum atomic E-state index is -1.10. The summed E-state index contributed by atoms with van der Waals surface area (Å²) in [4.78, 5) is 34.1. The molecule has 3 amide bonds. The number of nitrogens with one attached hydrogen (secondary N) is 3. The highest BCUT2D eigenvalue weighted by atomic mass is 16.5. The zero-order valence-electron chi connectivity index (χ0n) is 18.3. The van der Waals surface area contributed by atoms with Gasteiger partial charge >= 0.3 is 12.1 Å². The number of hydrogen-bond donors (Lipinski definition) is 4. The van der Waals surface area contributed by atoms with Gasteiger partial charge in [-0.1, -0.05) is 12.1 Å². The lowest BCUT2D eigenvalue weighted by Gasteiger charge is -2.28. The van der Waals surface area contributed by atoms with Crippen molar-refractivity contribution in [3.8, 4) is 11.1 Å². The first kappa shape index (κ1) is 22.3. The van der Waals surface area contributed by atoms with Crippen molar-refractivity contribution < 1.29 is 19.4 Å². The van der Waals surface area contributed by atoms with Crippen LogP contribution in [0.5, 0.6) is 0 Å². The molecule has 1 aliphatic rings. The van der Waals surface area contributed by atoms with Crippen molar-refractivity contribution in [2.45, 2.75) is 13.5 Å². The van der Waals surface area contributed by atoms with Crippen LogP contribution < -0.4 is 20.9 Å². The highest BCUT2D eigenvalue weighted by Gasteiger charge is 2.15. The lowest BCUT2D eigenvalue weighted by Crippen LogP contribution is -2.36. The molecule has 0 aliphatic carbocycles. The number of nitrogens with zero attached hydrogens (tertiary/aromatic N) is 3. The van der Waals surface area contributed by atoms with Crippen LogP contribution in [0.2, 0.25) is 0 Å². The zero-order valence-corrected chi connectivity index (χ0v) is 18.3. The molecule has 10 nitrogen and oxygen atoms in total. The van der Waals surface area contributed by atoms with Crippen molar-refractivity contribution in [2.75, 3.05) is 43.1 Å². The standard InChI is InChI=1S/C23H26N6O4/c1-2-24-22(30)28-20-12-18-17(4-3-16(13-27-23(31)32)19(18)14-26-20)15-5-6-25-21(11-15)29-7-9-33-10-8-29/h3-6,11-12,14,27H,2,7-10,13H2,1H3,(H,31,32)(H2,24,26,28,30). The Bertz CT molecular complexity index is 1160. The number of pyridine rings is 2. The van der Waals surface area contributed by atoms with Crippen LogP contribution in [0.15, 0.2) is 42.7 Å². The minimum absolute atomic E-state index is 0.145. The van der Waals surface area contributed by atoms with Crippen molar-refractivity contribution in [2.24, 2.45) is 0 Å². The Morgan fingerprint density at radius 2 is 1.91 bits per heavy atom. The fourth-order valence-corrected chi connectivity index (χ4v) is 3.82. The van der Waals surface area contributed by atoms with E-state index in [0.717, 1.165) is 46.4 Å². The molecule has 172 valence electrons. The van der Waals surface area contributed by atoms with Gasteiger partial charge in [0.25, 0.3) is 0 Å². The molecule has 0 radical (unpaired) electrons. The van der Waals surface area contributed by atoms with E-state index < -0.39 is 6.09 Å². The molecule has 2 aromatic heterocycles. The smallest absolute Gasteiger partial charge is 0.404 e. The number of carbonyl (C=O) groups is 2. The lowest BCUT2D eigenvalue weighted by atomic mass is 9.96. The molecule has 1 aliphatic heterocycles. The first-order valence-corrected chi connectivity index (χ1v) is 10.8. The molecule has 0 unspecified atom stereocenters. The average Bonchev–Trinajstić information content (AvgIpc) is 2.83. The number of carboxylic acid groups (broad SMARTS) is 1. The first-order valence-electron chi connectivity index (χ1n) is 10.8. The van der Waals surface area contributed by atoms with Crippen LogP contribution in [0.1, 0.15) is 12.5 Å². The summed E-state index contributed by atoms with van der Waals surface area (Å²) in [6.45, 7) is 5.37. The second-order valence-corrected chi connectivity index (χ2v) is 7.53. The maximum Gasteiger partial charge on any atom is 0.404 e. The molecule has 0 saturated carbocycles. The Morgan fingerprint density at radius 1 is 1.09 bits per heavy atom. The molecule has 1 fully saturated rings. The molecule has 0 atom stereocenters. The quantitative estimate of drug-likeness (QED) is 0.454. The monoisotopic (exact) mass is 450 g/mol. The number of carbonyl (C=O) groups excluding carboxylic acids is 1. The third kappa shape index (κ3) is 5.29. The molecular formula is C23H26N6O4. The largest absolute Gasteiger partial charge is 0.465 e. The van der Waals surface area contributed by atoms with Crippen LogP contribution in [-0.4, -0.2) is 60.0 Å². The maximum absolute atomic E-state index is 12.0. The van der Waals surface area contributed by atoms with Gasteiger partial charge in [-0.2, -0.15) is 0 Å². The second-order valence-electron chi connectivity index (χ2n) is 7.53. The Balaban J connectivity index is 1.77. The topological polar surface area (TPSA) is 129 Å². The Kier molecular flexibility index (Phi) is 6.84. The number of hydrogen-bond acceptors (Lipinski definition) is 6. The Labute approximate surface area is 191 Å². The molecule has 1 aromatic carbocycles. The van der Waals surface area contributed by atoms with E-state index in [4.69, 9.17) is 9.84 Å². The van der Waals surface area contributed by atoms with Crippen molar-refractivity contribution in [3.63, 3.8) is 0 Å². The number of anilines is 2. The van der Waals surface area contributed by atoms with Gasteiger partial charge in [0.15, 0.2) is 0 Å². The molecule has 1 saturated heterocycles. The number of ether oxygens (including phenoxy) is 1. The van der Waals surface area contributed by atoms with Gasteiger partial charge in [-0.3, -0.25) is 5.32 Å². The van der Waals surface area contributed by atoms with Crippen LogP contribution in [0, 0.1) is 0 Å². The number of aromatic nitrogens is 2. The van der Waals surface area contributed by atoms with E-state index in [-0.39, 0.29) is 12.6 Å². The number of fused-ring (bicyclic) bond motifs is 1. The summed E-state index contributed by atoms with van der Waals surface area (Å²) in [5.74, 6) is 1.27. The minimum Gasteiger partial charge on any atom is -0.465 e. The molecule has 0 bridgehead atoms. The van der Waals surface area contributed by atoms with Crippen LogP contribution in [-0.2, 0) is 11.3 Å². The summed E-state index contributed by atoms with van der Waals surface area (Å²) in [6.07, 6.45) is 2.34. The highest BCUT2D eigenvalue weighted by molar-refractivity contribution is 6.01. The van der Waals surface area contributed by atoms with Gasteiger partial charge in [-0.05, 0) is 47.2 Å². The van der Waals surface area contributed by atoms with Crippen LogP contribution in [0.25, 0.3) is 21.9 Å². The SMILES string of the molecule is CCNC(=O)Nc1cc2c(-c3ccnc(N4CCOCC4)c3)ccc(CNC(=O)O)c2cn1. The summed E-state index contributed by atoms with van der Waals surface area (Å²) in [5.41, 5.74) is 2.68. The van der Waals surface area contributed by atoms with Gasteiger partial charge in [0.2, 0.25) is 0 Å². The number of benzene rings is 1. The normalized spacial score (nSPS) is 13.5. The maximum atomic E-state index is 12.0. The van der Waals surface area contributed by atoms with Crippen LogP contribution in [0.3, 0.4) is 0 Å². The average molecular weight is 450 g/mol. The number of urea groups is 1. The van der Waals surface area contributed by atoms with Crippen molar-refractivity contribution in [3.05, 3.63) is 48.3 Å². The Morgan fingerprint density at radius 3 is 2.67 bits per heavy atom. The van der Waals surface area contributed by atoms with Gasteiger partial charge < -0.3 is 25.4 Å². The fraction of sp³-hybridized carbons (Fsp3) is 0.304. The number of rotatable bonds is 6. The lowest BCUT2D eigenvalue weighted by molar-refractivity contribution is 0.122. The summed E-state index contributed by atoms with van der Waals surface area (Å²) in [5, 5.41) is 18.5. The summed E-state index contributed by atoms with van der Waals surface area (Å²) < 4.78 is 5.45. The zero-order chi connectivity index (χ0) is 23.2. The van der Waals surface area contributed by atoms with Gasteiger partial charge in [-0.25, -0.2) is 19.6 Å². The molecule has 33 heavy (non-hydrogen) atoms. The van der Waals surface area contributed by atoms with E-state index in [2.05, 4.69) is 30.8 Å². The Hall–Kier alpha value is -3.92. The van der Waals surface area contributed by atoms with E-state index in [1.807, 2.05) is 31.2 Å². The first-order chi connectivity index (χ1) is 16.0. The molecule has 10 heteroatoms.